The normalized spacial score (nSPS) is 23.4. The SMILES string of the molecule is Cc1c(S(=O)(=O)N2CCC3(CC2)C[C@H](NC[C@H](O)COc2cccc(S(=O)(=O)C4(CO)CC4)c2)CO3)cnc2c1N(C)CCO2. The smallest absolute Gasteiger partial charge is 0.244 e. The number of fused-ring (bicyclic) bond motifs is 1. The molecule has 3 N–H and O–H groups in total. The van der Waals surface area contributed by atoms with Crippen LogP contribution in [0.25, 0.3) is 0 Å². The number of sulfone groups is 1. The molecule has 0 radical (unpaired) electrons. The average Bonchev–Trinajstić information content (AvgIpc) is 3.75. The van der Waals surface area contributed by atoms with Crippen molar-refractivity contribution >= 4 is 25.5 Å². The van der Waals surface area contributed by atoms with E-state index in [-0.39, 0.29) is 29.0 Å². The number of aromatic nitrogens is 1. The number of hydrogen-bond acceptors (Lipinski definition) is 12. The van der Waals surface area contributed by atoms with Gasteiger partial charge in [0, 0.05) is 32.7 Å². The first-order chi connectivity index (χ1) is 21.4. The third-order valence-electron chi connectivity index (χ3n) is 9.60. The predicted octanol–water partition coefficient (Wildman–Crippen LogP) is 0.859. The molecule has 0 bridgehead atoms. The molecular formula is C30H42N4O9S2. The summed E-state index contributed by atoms with van der Waals surface area (Å²) in [5.41, 5.74) is 0.918. The maximum atomic E-state index is 13.6. The van der Waals surface area contributed by atoms with Gasteiger partial charge in [-0.15, -0.1) is 0 Å². The summed E-state index contributed by atoms with van der Waals surface area (Å²) in [6, 6.07) is 6.14. The van der Waals surface area contributed by atoms with Gasteiger partial charge in [-0.2, -0.15) is 4.31 Å². The fourth-order valence-corrected chi connectivity index (χ4v) is 9.99. The average molecular weight is 667 g/mol. The molecule has 248 valence electrons. The maximum absolute atomic E-state index is 13.6. The molecule has 0 unspecified atom stereocenters. The van der Waals surface area contributed by atoms with Gasteiger partial charge in [0.1, 0.15) is 35.7 Å². The number of ether oxygens (including phenoxy) is 3. The van der Waals surface area contributed by atoms with Crippen molar-refractivity contribution < 1.29 is 41.3 Å². The van der Waals surface area contributed by atoms with E-state index in [0.717, 1.165) is 0 Å². The molecule has 0 amide bonds. The molecule has 45 heavy (non-hydrogen) atoms. The van der Waals surface area contributed by atoms with Gasteiger partial charge in [0.15, 0.2) is 9.84 Å². The summed E-state index contributed by atoms with van der Waals surface area (Å²) >= 11 is 0. The molecule has 1 aromatic heterocycles. The second-order valence-corrected chi connectivity index (χ2v) is 16.9. The van der Waals surface area contributed by atoms with Crippen LogP contribution in [0.1, 0.15) is 37.7 Å². The van der Waals surface area contributed by atoms with Crippen molar-refractivity contribution in [2.45, 2.75) is 71.3 Å². The van der Waals surface area contributed by atoms with Gasteiger partial charge in [0.05, 0.1) is 41.2 Å². The van der Waals surface area contributed by atoms with Crippen LogP contribution in [0.5, 0.6) is 11.6 Å². The number of hydrogen-bond donors (Lipinski definition) is 3. The molecule has 4 aliphatic rings. The van der Waals surface area contributed by atoms with E-state index in [0.29, 0.717) is 87.8 Å². The monoisotopic (exact) mass is 666 g/mol. The van der Waals surface area contributed by atoms with Gasteiger partial charge in [-0.3, -0.25) is 0 Å². The van der Waals surface area contributed by atoms with Crippen LogP contribution in [-0.2, 0) is 24.6 Å². The molecule has 1 saturated carbocycles. The Morgan fingerprint density at radius 1 is 1.16 bits per heavy atom. The number of benzene rings is 1. The summed E-state index contributed by atoms with van der Waals surface area (Å²) in [5, 5.41) is 23.5. The molecule has 6 rings (SSSR count). The number of likely N-dealkylation sites (N-methyl/N-ethyl adjacent to an activating group) is 1. The van der Waals surface area contributed by atoms with E-state index in [1.807, 2.05) is 11.9 Å². The zero-order valence-electron chi connectivity index (χ0n) is 25.6. The molecule has 1 aliphatic carbocycles. The lowest BCUT2D eigenvalue weighted by Gasteiger charge is -2.38. The van der Waals surface area contributed by atoms with Gasteiger partial charge in [-0.25, -0.2) is 21.8 Å². The van der Waals surface area contributed by atoms with Crippen molar-refractivity contribution in [1.82, 2.24) is 14.6 Å². The fourth-order valence-electron chi connectivity index (χ4n) is 6.54. The Morgan fingerprint density at radius 3 is 2.62 bits per heavy atom. The Balaban J connectivity index is 0.982. The number of rotatable bonds is 11. The van der Waals surface area contributed by atoms with Crippen LogP contribution in [0, 0.1) is 6.92 Å². The highest BCUT2D eigenvalue weighted by atomic mass is 32.2. The third-order valence-corrected chi connectivity index (χ3v) is 14.2. The van der Waals surface area contributed by atoms with Crippen molar-refractivity contribution in [3.05, 3.63) is 36.0 Å². The lowest BCUT2D eigenvalue weighted by Crippen LogP contribution is -2.47. The summed E-state index contributed by atoms with van der Waals surface area (Å²) in [6.45, 7) is 3.89. The highest BCUT2D eigenvalue weighted by Gasteiger charge is 2.54. The molecule has 3 fully saturated rings. The summed E-state index contributed by atoms with van der Waals surface area (Å²) in [6.07, 6.45) is 3.24. The van der Waals surface area contributed by atoms with Crippen molar-refractivity contribution in [2.24, 2.45) is 0 Å². The maximum Gasteiger partial charge on any atom is 0.244 e. The van der Waals surface area contributed by atoms with Crippen LogP contribution in [0.2, 0.25) is 0 Å². The zero-order valence-corrected chi connectivity index (χ0v) is 27.3. The number of anilines is 1. The standard InChI is InChI=1S/C30H42N4O9S2/c1-21-26(17-32-28-27(21)33(2)12-13-41-28)45(39,40)34-10-8-29(9-11-34)15-22(18-43-29)31-16-23(36)19-42-24-4-3-5-25(14-24)44(37,38)30(20-35)6-7-30/h3-5,14,17,22-23,31,35-36H,6-13,15-16,18-20H2,1-2H3/t22-,23-/m0/s1. The first-order valence-electron chi connectivity index (χ1n) is 15.4. The Kier molecular flexibility index (Phi) is 8.82. The number of aliphatic hydroxyl groups excluding tert-OH is 2. The van der Waals surface area contributed by atoms with Gasteiger partial charge < -0.3 is 34.6 Å². The molecule has 15 heteroatoms. The number of pyridine rings is 1. The minimum atomic E-state index is -3.75. The highest BCUT2D eigenvalue weighted by molar-refractivity contribution is 7.93. The topological polar surface area (TPSA) is 168 Å². The van der Waals surface area contributed by atoms with Gasteiger partial charge in [0.2, 0.25) is 15.9 Å². The van der Waals surface area contributed by atoms with E-state index in [1.165, 1.54) is 22.6 Å². The molecule has 2 atom stereocenters. The summed E-state index contributed by atoms with van der Waals surface area (Å²) in [4.78, 5) is 6.57. The van der Waals surface area contributed by atoms with Gasteiger partial charge in [-0.1, -0.05) is 6.07 Å². The Bertz CT molecular complexity index is 1620. The quantitative estimate of drug-likeness (QED) is 0.310. The zero-order chi connectivity index (χ0) is 32.0. The lowest BCUT2D eigenvalue weighted by atomic mass is 9.88. The third kappa shape index (κ3) is 6.15. The van der Waals surface area contributed by atoms with Crippen LogP contribution in [0.4, 0.5) is 5.69 Å². The molecule has 2 saturated heterocycles. The number of piperidine rings is 1. The second kappa shape index (κ2) is 12.2. The second-order valence-electron chi connectivity index (χ2n) is 12.7. The minimum Gasteiger partial charge on any atom is -0.491 e. The van der Waals surface area contributed by atoms with Crippen LogP contribution >= 0.6 is 0 Å². The lowest BCUT2D eigenvalue weighted by molar-refractivity contribution is -0.0312. The van der Waals surface area contributed by atoms with E-state index >= 15 is 0 Å². The molecule has 1 aromatic carbocycles. The van der Waals surface area contributed by atoms with E-state index < -0.39 is 42.9 Å². The molecule has 1 spiro atoms. The molecule has 4 heterocycles. The summed E-state index contributed by atoms with van der Waals surface area (Å²) in [7, 11) is -5.52. The Labute approximate surface area is 264 Å². The fraction of sp³-hybridized carbons (Fsp3) is 0.633. The number of sulfonamides is 1. The van der Waals surface area contributed by atoms with E-state index in [1.54, 1.807) is 19.1 Å². The van der Waals surface area contributed by atoms with Crippen molar-refractivity contribution in [2.75, 3.05) is 64.6 Å². The number of nitrogens with one attached hydrogen (secondary N) is 1. The number of aliphatic hydroxyl groups is 2. The van der Waals surface area contributed by atoms with Crippen molar-refractivity contribution in [1.29, 1.82) is 0 Å². The van der Waals surface area contributed by atoms with E-state index in [4.69, 9.17) is 14.2 Å². The van der Waals surface area contributed by atoms with Crippen LogP contribution in [-0.4, -0.2) is 118 Å². The highest BCUT2D eigenvalue weighted by Crippen LogP contribution is 2.46. The Morgan fingerprint density at radius 2 is 1.91 bits per heavy atom. The molecule has 13 nitrogen and oxygen atoms in total. The number of nitrogens with zero attached hydrogens (tertiary/aromatic N) is 3. The first-order valence-corrected chi connectivity index (χ1v) is 18.3. The first kappa shape index (κ1) is 32.4. The van der Waals surface area contributed by atoms with Gasteiger partial charge >= 0.3 is 0 Å². The molecule has 2 aromatic rings. The van der Waals surface area contributed by atoms with Crippen molar-refractivity contribution in [3.63, 3.8) is 0 Å². The van der Waals surface area contributed by atoms with Crippen LogP contribution in [0.15, 0.2) is 40.3 Å². The Hall–Kier alpha value is -2.53. The minimum absolute atomic E-state index is 0.00730. The van der Waals surface area contributed by atoms with Crippen LogP contribution in [0.3, 0.4) is 0 Å². The van der Waals surface area contributed by atoms with Gasteiger partial charge in [-0.05, 0) is 62.8 Å². The van der Waals surface area contributed by atoms with Gasteiger partial charge in [0.25, 0.3) is 0 Å². The summed E-state index contributed by atoms with van der Waals surface area (Å²) in [5.74, 6) is 0.785. The van der Waals surface area contributed by atoms with E-state index in [9.17, 15) is 27.0 Å². The van der Waals surface area contributed by atoms with E-state index in [2.05, 4.69) is 10.3 Å². The molecular weight excluding hydrogens is 624 g/mol. The largest absolute Gasteiger partial charge is 0.491 e. The summed E-state index contributed by atoms with van der Waals surface area (Å²) < 4.78 is 71.0. The predicted molar refractivity (Wildman–Crippen MR) is 165 cm³/mol. The van der Waals surface area contributed by atoms with Crippen molar-refractivity contribution in [3.8, 4) is 11.6 Å². The molecule has 3 aliphatic heterocycles. The van der Waals surface area contributed by atoms with Crippen LogP contribution < -0.4 is 19.7 Å².